The summed E-state index contributed by atoms with van der Waals surface area (Å²) in [4.78, 5) is 26.1. The van der Waals surface area contributed by atoms with E-state index in [1.165, 1.54) is 22.3 Å². The molecule has 0 spiro atoms. The van der Waals surface area contributed by atoms with E-state index < -0.39 is 11.9 Å². The normalized spacial score (nSPS) is 11.8. The van der Waals surface area contributed by atoms with E-state index >= 15 is 0 Å². The Bertz CT molecular complexity index is 2070. The van der Waals surface area contributed by atoms with E-state index in [1.807, 2.05) is 48.5 Å². The summed E-state index contributed by atoms with van der Waals surface area (Å²) < 4.78 is 32.6. The van der Waals surface area contributed by atoms with Crippen LogP contribution in [-0.4, -0.2) is 40.4 Å². The van der Waals surface area contributed by atoms with Crippen molar-refractivity contribution >= 4 is 33.5 Å². The molecule has 0 bridgehead atoms. The number of rotatable bonds is 10. The van der Waals surface area contributed by atoms with Gasteiger partial charge in [0, 0.05) is 12.1 Å². The Hall–Kier alpha value is -6.02. The first-order valence-corrected chi connectivity index (χ1v) is 16.2. The van der Waals surface area contributed by atoms with Gasteiger partial charge in [0.1, 0.15) is 36.2 Å². The van der Waals surface area contributed by atoms with Crippen LogP contribution in [0.5, 0.6) is 23.0 Å². The first kappa shape index (κ1) is 32.5. The van der Waals surface area contributed by atoms with Gasteiger partial charge in [0.25, 0.3) is 0 Å². The third-order valence-corrected chi connectivity index (χ3v) is 9.11. The number of fused-ring (bicyclic) bond motifs is 4. The maximum Gasteiger partial charge on any atom is 0.338 e. The van der Waals surface area contributed by atoms with Gasteiger partial charge in [-0.05, 0) is 116 Å². The minimum Gasteiger partial charge on any atom is -0.497 e. The lowest BCUT2D eigenvalue weighted by Gasteiger charge is -2.21. The van der Waals surface area contributed by atoms with Gasteiger partial charge in [0.05, 0.1) is 39.6 Å². The van der Waals surface area contributed by atoms with E-state index in [0.29, 0.717) is 34.1 Å². The zero-order valence-corrected chi connectivity index (χ0v) is 28.3. The maximum absolute atomic E-state index is 13.0. The number of carbonyl (C=O) groups excluding carboxylic acids is 2. The molecule has 8 nitrogen and oxygen atoms in total. The lowest BCUT2D eigenvalue weighted by atomic mass is 9.83. The Morgan fingerprint density at radius 3 is 1.12 bits per heavy atom. The molecule has 1 aliphatic rings. The fourth-order valence-corrected chi connectivity index (χ4v) is 6.47. The van der Waals surface area contributed by atoms with Crippen molar-refractivity contribution in [1.29, 1.82) is 0 Å². The van der Waals surface area contributed by atoms with Crippen LogP contribution in [0.1, 0.15) is 54.1 Å². The zero-order valence-electron chi connectivity index (χ0n) is 28.3. The molecule has 0 saturated carbocycles. The number of hydrogen-bond acceptors (Lipinski definition) is 8. The molecular formula is C42H36O8. The molecular weight excluding hydrogens is 632 g/mol. The van der Waals surface area contributed by atoms with Gasteiger partial charge >= 0.3 is 11.9 Å². The van der Waals surface area contributed by atoms with Crippen molar-refractivity contribution in [3.8, 4) is 23.0 Å². The lowest BCUT2D eigenvalue weighted by Crippen LogP contribution is -2.09. The molecule has 0 radical (unpaired) electrons. The largest absolute Gasteiger partial charge is 0.497 e. The van der Waals surface area contributed by atoms with E-state index in [4.69, 9.17) is 28.4 Å². The van der Waals surface area contributed by atoms with Crippen molar-refractivity contribution in [1.82, 2.24) is 0 Å². The Balaban J connectivity index is 1.06. The molecule has 0 amide bonds. The Kier molecular flexibility index (Phi) is 9.00. The first-order chi connectivity index (χ1) is 24.3. The minimum absolute atomic E-state index is 0.0982. The highest BCUT2D eigenvalue weighted by molar-refractivity contribution is 5.97. The summed E-state index contributed by atoms with van der Waals surface area (Å²) in [5.41, 5.74) is 7.49. The molecule has 6 aromatic rings. The van der Waals surface area contributed by atoms with Gasteiger partial charge in [-0.1, -0.05) is 36.4 Å². The fourth-order valence-electron chi connectivity index (χ4n) is 6.47. The predicted molar refractivity (Wildman–Crippen MR) is 191 cm³/mol. The molecule has 6 aromatic carbocycles. The summed E-state index contributed by atoms with van der Waals surface area (Å²) in [6, 6.07) is 30.9. The topological polar surface area (TPSA) is 89.5 Å². The monoisotopic (exact) mass is 668 g/mol. The van der Waals surface area contributed by atoms with Gasteiger partial charge in [-0.25, -0.2) is 9.59 Å². The van der Waals surface area contributed by atoms with E-state index in [2.05, 4.69) is 24.3 Å². The number of esters is 2. The summed E-state index contributed by atoms with van der Waals surface area (Å²) in [5.74, 6) is 1.74. The standard InChI is InChI=1S/C42H36O8/c1-45-37-9-25(10-38(21-37)46-2)23-49-41(43)29-7-5-27-13-33-20-36-18-32-16-30(8-6-28(32)14-34(36)19-35(33)17-31(27)15-29)42(44)50-24-26-11-39(47-3)22-40(12-26)48-4/h5-18,21-22H,19-20,23-24H2,1-4H3. The van der Waals surface area contributed by atoms with Gasteiger partial charge < -0.3 is 28.4 Å². The average Bonchev–Trinajstić information content (AvgIpc) is 3.15. The van der Waals surface area contributed by atoms with Crippen LogP contribution in [0.3, 0.4) is 0 Å². The van der Waals surface area contributed by atoms with E-state index in [9.17, 15) is 9.59 Å². The summed E-state index contributed by atoms with van der Waals surface area (Å²) in [6.45, 7) is 0.196. The zero-order chi connectivity index (χ0) is 34.8. The smallest absolute Gasteiger partial charge is 0.338 e. The summed E-state index contributed by atoms with van der Waals surface area (Å²) in [6.07, 6.45) is 1.55. The highest BCUT2D eigenvalue weighted by Gasteiger charge is 2.19. The maximum atomic E-state index is 13.0. The van der Waals surface area contributed by atoms with Gasteiger partial charge in [0.15, 0.2) is 0 Å². The molecule has 0 heterocycles. The number of methoxy groups -OCH3 is 4. The number of carbonyl (C=O) groups is 2. The van der Waals surface area contributed by atoms with Crippen molar-refractivity contribution in [2.45, 2.75) is 26.1 Å². The quantitative estimate of drug-likeness (QED) is 0.135. The second-order valence-corrected chi connectivity index (χ2v) is 12.3. The molecule has 0 N–H and O–H groups in total. The number of ether oxygens (including phenoxy) is 6. The third-order valence-electron chi connectivity index (χ3n) is 9.11. The van der Waals surface area contributed by atoms with Crippen LogP contribution in [0.2, 0.25) is 0 Å². The molecule has 7 rings (SSSR count). The molecule has 0 aliphatic heterocycles. The van der Waals surface area contributed by atoms with Crippen LogP contribution in [-0.2, 0) is 35.5 Å². The Morgan fingerprint density at radius 2 is 0.780 bits per heavy atom. The fraction of sp³-hybridized carbons (Fsp3) is 0.190. The molecule has 0 atom stereocenters. The summed E-state index contributed by atoms with van der Waals surface area (Å²) >= 11 is 0. The molecule has 8 heteroatoms. The van der Waals surface area contributed by atoms with Crippen LogP contribution in [0.25, 0.3) is 21.5 Å². The predicted octanol–water partition coefficient (Wildman–Crippen LogP) is 8.24. The molecule has 50 heavy (non-hydrogen) atoms. The van der Waals surface area contributed by atoms with Crippen molar-refractivity contribution in [2.24, 2.45) is 0 Å². The van der Waals surface area contributed by atoms with Gasteiger partial charge in [-0.2, -0.15) is 0 Å². The third kappa shape index (κ3) is 6.78. The second-order valence-electron chi connectivity index (χ2n) is 12.3. The lowest BCUT2D eigenvalue weighted by molar-refractivity contribution is 0.0464. The van der Waals surface area contributed by atoms with Gasteiger partial charge in [-0.3, -0.25) is 0 Å². The van der Waals surface area contributed by atoms with Crippen LogP contribution in [0.15, 0.2) is 97.1 Å². The van der Waals surface area contributed by atoms with E-state index in [1.54, 1.807) is 52.7 Å². The molecule has 252 valence electrons. The van der Waals surface area contributed by atoms with E-state index in [-0.39, 0.29) is 13.2 Å². The molecule has 1 aliphatic carbocycles. The molecule has 0 saturated heterocycles. The van der Waals surface area contributed by atoms with E-state index in [0.717, 1.165) is 45.5 Å². The van der Waals surface area contributed by atoms with Crippen molar-refractivity contribution in [3.05, 3.63) is 142 Å². The van der Waals surface area contributed by atoms with Crippen LogP contribution >= 0.6 is 0 Å². The van der Waals surface area contributed by atoms with Crippen molar-refractivity contribution in [2.75, 3.05) is 28.4 Å². The SMILES string of the molecule is COc1cc(COC(=O)c2ccc3cc4c(cc3c2)Cc2cc3ccc(C(=O)OCc5cc(OC)cc(OC)c5)cc3cc2C4)cc(OC)c1. The van der Waals surface area contributed by atoms with Crippen molar-refractivity contribution < 1.29 is 38.0 Å². The Labute approximate surface area is 290 Å². The summed E-state index contributed by atoms with van der Waals surface area (Å²) in [7, 11) is 6.33. The number of benzene rings is 6. The average molecular weight is 669 g/mol. The van der Waals surface area contributed by atoms with Gasteiger partial charge in [-0.15, -0.1) is 0 Å². The molecule has 0 unspecified atom stereocenters. The second kappa shape index (κ2) is 13.8. The van der Waals surface area contributed by atoms with Crippen LogP contribution in [0.4, 0.5) is 0 Å². The highest BCUT2D eigenvalue weighted by atomic mass is 16.5. The first-order valence-electron chi connectivity index (χ1n) is 16.2. The molecule has 0 fully saturated rings. The molecule has 0 aromatic heterocycles. The van der Waals surface area contributed by atoms with Crippen LogP contribution in [0, 0.1) is 0 Å². The van der Waals surface area contributed by atoms with Crippen molar-refractivity contribution in [3.63, 3.8) is 0 Å². The number of hydrogen-bond donors (Lipinski definition) is 0. The van der Waals surface area contributed by atoms with Gasteiger partial charge in [0.2, 0.25) is 0 Å². The van der Waals surface area contributed by atoms with Crippen LogP contribution < -0.4 is 18.9 Å². The minimum atomic E-state index is -0.396. The summed E-state index contributed by atoms with van der Waals surface area (Å²) in [5, 5.41) is 4.09. The Morgan fingerprint density at radius 1 is 0.440 bits per heavy atom. The highest BCUT2D eigenvalue weighted by Crippen LogP contribution is 2.34.